The third kappa shape index (κ3) is 3.14. The first-order valence-electron chi connectivity index (χ1n) is 4.92. The van der Waals surface area contributed by atoms with Gasteiger partial charge in [-0.2, -0.15) is 0 Å². The molecule has 0 fully saturated rings. The molecule has 84 valence electrons. The van der Waals surface area contributed by atoms with E-state index >= 15 is 0 Å². The summed E-state index contributed by atoms with van der Waals surface area (Å²) < 4.78 is 2.22. The molecule has 0 aliphatic heterocycles. The number of rotatable bonds is 4. The van der Waals surface area contributed by atoms with Gasteiger partial charge in [-0.3, -0.25) is 9.36 Å². The fraction of sp³-hybridized carbons (Fsp3) is 0.600. The summed E-state index contributed by atoms with van der Waals surface area (Å²) >= 11 is 3.20. The molecule has 1 atom stereocenters. The summed E-state index contributed by atoms with van der Waals surface area (Å²) in [5, 5.41) is 3.09. The topological polar surface area (TPSA) is 46.9 Å². The van der Waals surface area contributed by atoms with Crippen molar-refractivity contribution >= 4 is 15.9 Å². The first kappa shape index (κ1) is 12.4. The number of nitrogens with one attached hydrogen (secondary N) is 1. The van der Waals surface area contributed by atoms with Gasteiger partial charge in [0.05, 0.1) is 0 Å². The first-order valence-corrected chi connectivity index (χ1v) is 5.72. The summed E-state index contributed by atoms with van der Waals surface area (Å²) in [7, 11) is 1.91. The van der Waals surface area contributed by atoms with Gasteiger partial charge in [-0.15, -0.1) is 0 Å². The maximum atomic E-state index is 11.8. The Morgan fingerprint density at radius 3 is 2.93 bits per heavy atom. The average molecular weight is 274 g/mol. The molecule has 0 saturated carbocycles. The van der Waals surface area contributed by atoms with Crippen molar-refractivity contribution < 1.29 is 0 Å². The molecule has 15 heavy (non-hydrogen) atoms. The molecular weight excluding hydrogens is 258 g/mol. The van der Waals surface area contributed by atoms with Crippen molar-refractivity contribution in [1.29, 1.82) is 0 Å². The Morgan fingerprint density at radius 2 is 2.33 bits per heavy atom. The van der Waals surface area contributed by atoms with E-state index in [1.807, 2.05) is 14.0 Å². The van der Waals surface area contributed by atoms with E-state index in [1.165, 1.54) is 0 Å². The van der Waals surface area contributed by atoms with Crippen molar-refractivity contribution in [3.05, 3.63) is 26.8 Å². The van der Waals surface area contributed by atoms with E-state index in [-0.39, 0.29) is 5.56 Å². The summed E-state index contributed by atoms with van der Waals surface area (Å²) in [6.07, 6.45) is 1.55. The van der Waals surface area contributed by atoms with Crippen molar-refractivity contribution in [2.24, 2.45) is 5.92 Å². The van der Waals surface area contributed by atoms with Crippen LogP contribution in [0.3, 0.4) is 0 Å². The molecule has 5 heteroatoms. The Kier molecular flexibility index (Phi) is 4.47. The zero-order valence-corrected chi connectivity index (χ0v) is 10.8. The molecule has 0 aliphatic carbocycles. The minimum absolute atomic E-state index is 0.00884. The fourth-order valence-electron chi connectivity index (χ4n) is 1.49. The lowest BCUT2D eigenvalue weighted by Crippen LogP contribution is -2.29. The van der Waals surface area contributed by atoms with Gasteiger partial charge < -0.3 is 5.32 Å². The van der Waals surface area contributed by atoms with Gasteiger partial charge in [-0.05, 0) is 42.4 Å². The molecule has 0 saturated heterocycles. The van der Waals surface area contributed by atoms with Crippen LogP contribution < -0.4 is 10.9 Å². The SMILES string of the molecule is CNCC(C)Cn1c(C)ncc(Br)c1=O. The molecule has 0 aliphatic rings. The molecule has 1 unspecified atom stereocenters. The summed E-state index contributed by atoms with van der Waals surface area (Å²) in [5.74, 6) is 1.16. The molecule has 0 spiro atoms. The van der Waals surface area contributed by atoms with Gasteiger partial charge in [-0.25, -0.2) is 4.98 Å². The van der Waals surface area contributed by atoms with Gasteiger partial charge in [0.1, 0.15) is 10.3 Å². The maximum Gasteiger partial charge on any atom is 0.267 e. The largest absolute Gasteiger partial charge is 0.319 e. The highest BCUT2D eigenvalue weighted by Gasteiger charge is 2.08. The van der Waals surface area contributed by atoms with Crippen LogP contribution in [0.4, 0.5) is 0 Å². The molecule has 0 bridgehead atoms. The lowest BCUT2D eigenvalue weighted by atomic mass is 10.2. The summed E-state index contributed by atoms with van der Waals surface area (Å²) in [4.78, 5) is 15.9. The van der Waals surface area contributed by atoms with E-state index in [0.717, 1.165) is 12.4 Å². The van der Waals surface area contributed by atoms with Crippen LogP contribution in [0.15, 0.2) is 15.5 Å². The molecular formula is C10H16BrN3O. The highest BCUT2D eigenvalue weighted by Crippen LogP contribution is 2.04. The van der Waals surface area contributed by atoms with Gasteiger partial charge in [0.25, 0.3) is 5.56 Å². The molecule has 0 amide bonds. The van der Waals surface area contributed by atoms with Crippen molar-refractivity contribution in [1.82, 2.24) is 14.9 Å². The second-order valence-electron chi connectivity index (χ2n) is 3.73. The first-order chi connectivity index (χ1) is 7.06. The van der Waals surface area contributed by atoms with Crippen molar-refractivity contribution in [2.45, 2.75) is 20.4 Å². The lowest BCUT2D eigenvalue weighted by Gasteiger charge is -2.14. The minimum atomic E-state index is -0.00884. The molecule has 1 rings (SSSR count). The van der Waals surface area contributed by atoms with E-state index in [4.69, 9.17) is 0 Å². The summed E-state index contributed by atoms with van der Waals surface area (Å²) in [6.45, 7) is 5.53. The van der Waals surface area contributed by atoms with E-state index in [0.29, 0.717) is 16.9 Å². The van der Waals surface area contributed by atoms with Gasteiger partial charge >= 0.3 is 0 Å². The van der Waals surface area contributed by atoms with E-state index in [2.05, 4.69) is 33.2 Å². The highest BCUT2D eigenvalue weighted by atomic mass is 79.9. The van der Waals surface area contributed by atoms with Crippen LogP contribution in [0.25, 0.3) is 0 Å². The molecule has 0 aromatic carbocycles. The number of aromatic nitrogens is 2. The van der Waals surface area contributed by atoms with Gasteiger partial charge in [-0.1, -0.05) is 6.92 Å². The van der Waals surface area contributed by atoms with Gasteiger partial charge in [0.15, 0.2) is 0 Å². The third-order valence-electron chi connectivity index (χ3n) is 2.25. The van der Waals surface area contributed by atoms with Crippen LogP contribution in [0.1, 0.15) is 12.7 Å². The highest BCUT2D eigenvalue weighted by molar-refractivity contribution is 9.10. The van der Waals surface area contributed by atoms with Gasteiger partial charge in [0.2, 0.25) is 0 Å². The standard InChI is InChI=1S/C10H16BrN3O/c1-7(4-12-3)6-14-8(2)13-5-9(11)10(14)15/h5,7,12H,4,6H2,1-3H3. The molecule has 1 N–H and O–H groups in total. The Hall–Kier alpha value is -0.680. The second-order valence-corrected chi connectivity index (χ2v) is 4.59. The lowest BCUT2D eigenvalue weighted by molar-refractivity contribution is 0.443. The van der Waals surface area contributed by atoms with Gasteiger partial charge in [0, 0.05) is 12.7 Å². The normalized spacial score (nSPS) is 12.8. The third-order valence-corrected chi connectivity index (χ3v) is 2.80. The van der Waals surface area contributed by atoms with Crippen LogP contribution in [0, 0.1) is 12.8 Å². The predicted molar refractivity (Wildman–Crippen MR) is 64.0 cm³/mol. The summed E-state index contributed by atoms with van der Waals surface area (Å²) in [5.41, 5.74) is -0.00884. The number of halogens is 1. The van der Waals surface area contributed by atoms with E-state index < -0.39 is 0 Å². The van der Waals surface area contributed by atoms with Crippen molar-refractivity contribution in [2.75, 3.05) is 13.6 Å². The monoisotopic (exact) mass is 273 g/mol. The fourth-order valence-corrected chi connectivity index (χ4v) is 1.81. The zero-order valence-electron chi connectivity index (χ0n) is 9.25. The Balaban J connectivity index is 2.94. The smallest absolute Gasteiger partial charge is 0.267 e. The van der Waals surface area contributed by atoms with E-state index in [9.17, 15) is 4.79 Å². The minimum Gasteiger partial charge on any atom is -0.319 e. The number of hydrogen-bond donors (Lipinski definition) is 1. The van der Waals surface area contributed by atoms with Crippen molar-refractivity contribution in [3.63, 3.8) is 0 Å². The Labute approximate surface area is 97.8 Å². The molecule has 4 nitrogen and oxygen atoms in total. The molecule has 0 radical (unpaired) electrons. The zero-order chi connectivity index (χ0) is 11.4. The van der Waals surface area contributed by atoms with Crippen LogP contribution in [-0.2, 0) is 6.54 Å². The molecule has 1 aromatic heterocycles. The van der Waals surface area contributed by atoms with Crippen LogP contribution in [-0.4, -0.2) is 23.1 Å². The molecule has 1 aromatic rings. The summed E-state index contributed by atoms with van der Waals surface area (Å²) in [6, 6.07) is 0. The number of nitrogens with zero attached hydrogens (tertiary/aromatic N) is 2. The quantitative estimate of drug-likeness (QED) is 0.896. The van der Waals surface area contributed by atoms with Crippen LogP contribution >= 0.6 is 15.9 Å². The average Bonchev–Trinajstić information content (AvgIpc) is 2.19. The predicted octanol–water partition coefficient (Wildman–Crippen LogP) is 1.17. The number of hydrogen-bond acceptors (Lipinski definition) is 3. The molecule has 1 heterocycles. The Bertz CT molecular complexity index is 389. The second kappa shape index (κ2) is 5.42. The van der Waals surface area contributed by atoms with Crippen LogP contribution in [0.5, 0.6) is 0 Å². The van der Waals surface area contributed by atoms with E-state index in [1.54, 1.807) is 10.8 Å². The number of aryl methyl sites for hydroxylation is 1. The maximum absolute atomic E-state index is 11.8. The van der Waals surface area contributed by atoms with Crippen LogP contribution in [0.2, 0.25) is 0 Å². The van der Waals surface area contributed by atoms with Crippen molar-refractivity contribution in [3.8, 4) is 0 Å². The Morgan fingerprint density at radius 1 is 1.67 bits per heavy atom.